The molecule has 0 saturated carbocycles. The van der Waals surface area contributed by atoms with E-state index in [-0.39, 0.29) is 10.8 Å². The van der Waals surface area contributed by atoms with Crippen molar-refractivity contribution in [1.82, 2.24) is 0 Å². The molecule has 0 aliphatic carbocycles. The van der Waals surface area contributed by atoms with Crippen molar-refractivity contribution in [3.05, 3.63) is 23.8 Å². The predicted octanol–water partition coefficient (Wildman–Crippen LogP) is 3.55. The van der Waals surface area contributed by atoms with Crippen molar-refractivity contribution >= 4 is 22.0 Å². The average Bonchev–Trinajstić information content (AvgIpc) is 2.22. The molecule has 0 fully saturated rings. The minimum atomic E-state index is -0.160. The van der Waals surface area contributed by atoms with Crippen LogP contribution in [0.2, 0.25) is 0 Å². The van der Waals surface area contributed by atoms with E-state index in [1.807, 2.05) is 26.0 Å². The normalized spacial score (nSPS) is 12.8. The number of aromatic hydroxyl groups is 1. The van der Waals surface area contributed by atoms with Gasteiger partial charge in [-0.3, -0.25) is 0 Å². The van der Waals surface area contributed by atoms with Crippen molar-refractivity contribution in [2.45, 2.75) is 18.9 Å². The highest BCUT2D eigenvalue weighted by atomic mass is 79.9. The molecule has 0 aliphatic heterocycles. The number of hydrogen-bond donors (Lipinski definition) is 1. The molecule has 0 aromatic heterocycles. The van der Waals surface area contributed by atoms with Crippen molar-refractivity contribution < 1.29 is 14.6 Å². The van der Waals surface area contributed by atoms with Gasteiger partial charge in [0, 0.05) is 5.56 Å². The summed E-state index contributed by atoms with van der Waals surface area (Å²) in [7, 11) is 1.50. The minimum Gasteiger partial charge on any atom is -0.504 e. The molecule has 0 radical (unpaired) electrons. The number of halogens is 1. The number of phenols is 1. The Morgan fingerprint density at radius 3 is 2.56 bits per heavy atom. The number of benzene rings is 1. The third kappa shape index (κ3) is 2.92. The maximum Gasteiger partial charge on any atom is 0.203 e. The number of ether oxygens (including phenoxy) is 2. The van der Waals surface area contributed by atoms with E-state index in [0.717, 1.165) is 5.56 Å². The van der Waals surface area contributed by atoms with Gasteiger partial charge in [0.1, 0.15) is 0 Å². The van der Waals surface area contributed by atoms with Gasteiger partial charge in [-0.15, -0.1) is 0 Å². The summed E-state index contributed by atoms with van der Waals surface area (Å²) >= 11 is 3.30. The number of phenolic OH excluding ortho intramolecular Hbond substituents is 1. The molecule has 0 amide bonds. The lowest BCUT2D eigenvalue weighted by Crippen LogP contribution is -2.04. The van der Waals surface area contributed by atoms with E-state index in [4.69, 9.17) is 9.47 Å². The Kier molecular flexibility index (Phi) is 4.68. The summed E-state index contributed by atoms with van der Waals surface area (Å²) < 4.78 is 10.7. The van der Waals surface area contributed by atoms with E-state index in [1.54, 1.807) is 12.1 Å². The second-order valence-electron chi connectivity index (χ2n) is 3.20. The molecule has 1 unspecified atom stereocenters. The van der Waals surface area contributed by atoms with Crippen LogP contribution in [0.5, 0.6) is 17.2 Å². The Balaban J connectivity index is 3.28. The predicted molar refractivity (Wildman–Crippen MR) is 68.4 cm³/mol. The van der Waals surface area contributed by atoms with Crippen molar-refractivity contribution in [3.63, 3.8) is 0 Å². The van der Waals surface area contributed by atoms with Crippen LogP contribution in [0, 0.1) is 0 Å². The molecule has 0 heterocycles. The fraction of sp³-hybridized carbons (Fsp3) is 0.333. The van der Waals surface area contributed by atoms with Gasteiger partial charge < -0.3 is 14.6 Å². The van der Waals surface area contributed by atoms with Gasteiger partial charge in [-0.1, -0.05) is 12.2 Å². The van der Waals surface area contributed by atoms with Crippen LogP contribution in [-0.2, 0) is 0 Å². The largest absolute Gasteiger partial charge is 0.504 e. The summed E-state index contributed by atoms with van der Waals surface area (Å²) in [5.74, 6) is 0.950. The zero-order valence-electron chi connectivity index (χ0n) is 9.53. The Bertz CT molecular complexity index is 386. The summed E-state index contributed by atoms with van der Waals surface area (Å²) in [4.78, 5) is 0. The molecule has 0 aliphatic rings. The lowest BCUT2D eigenvalue weighted by Gasteiger charge is -2.15. The second kappa shape index (κ2) is 5.80. The first-order valence-corrected chi connectivity index (χ1v) is 5.85. The fourth-order valence-corrected chi connectivity index (χ4v) is 1.55. The number of hydrogen-bond acceptors (Lipinski definition) is 3. The van der Waals surface area contributed by atoms with E-state index >= 15 is 0 Å². The van der Waals surface area contributed by atoms with Crippen molar-refractivity contribution in [2.75, 3.05) is 7.11 Å². The van der Waals surface area contributed by atoms with Crippen LogP contribution >= 0.6 is 15.9 Å². The van der Waals surface area contributed by atoms with Crippen LogP contribution in [0.4, 0.5) is 0 Å². The van der Waals surface area contributed by atoms with Crippen LogP contribution in [0.3, 0.4) is 0 Å². The molecule has 0 bridgehead atoms. The van der Waals surface area contributed by atoms with E-state index in [0.29, 0.717) is 11.5 Å². The summed E-state index contributed by atoms with van der Waals surface area (Å²) in [6.07, 6.45) is 3.80. The third-order valence-corrected chi connectivity index (χ3v) is 2.14. The van der Waals surface area contributed by atoms with Gasteiger partial charge in [-0.25, -0.2) is 0 Å². The molecule has 1 rings (SSSR count). The van der Waals surface area contributed by atoms with Crippen LogP contribution in [0.15, 0.2) is 18.2 Å². The highest BCUT2D eigenvalue weighted by Crippen LogP contribution is 2.40. The van der Waals surface area contributed by atoms with Crippen LogP contribution < -0.4 is 9.47 Å². The molecule has 16 heavy (non-hydrogen) atoms. The first-order chi connectivity index (χ1) is 7.60. The lowest BCUT2D eigenvalue weighted by molar-refractivity contribution is 0.283. The number of rotatable bonds is 4. The Hall–Kier alpha value is -1.16. The second-order valence-corrected chi connectivity index (χ2v) is 4.49. The zero-order valence-corrected chi connectivity index (χ0v) is 11.1. The molecule has 3 nitrogen and oxygen atoms in total. The van der Waals surface area contributed by atoms with Crippen molar-refractivity contribution in [1.29, 1.82) is 0 Å². The molecule has 88 valence electrons. The smallest absolute Gasteiger partial charge is 0.203 e. The van der Waals surface area contributed by atoms with Gasteiger partial charge in [0.15, 0.2) is 16.5 Å². The zero-order chi connectivity index (χ0) is 12.1. The molecule has 1 atom stereocenters. The number of allylic oxidation sites excluding steroid dienone is 1. The molecule has 1 aromatic carbocycles. The van der Waals surface area contributed by atoms with Crippen LogP contribution in [-0.4, -0.2) is 17.2 Å². The summed E-state index contributed by atoms with van der Waals surface area (Å²) in [5.41, 5.74) is 0.864. The highest BCUT2D eigenvalue weighted by molar-refractivity contribution is 9.09. The topological polar surface area (TPSA) is 38.7 Å². The van der Waals surface area contributed by atoms with Gasteiger partial charge in [0.2, 0.25) is 5.75 Å². The molecule has 0 saturated heterocycles. The van der Waals surface area contributed by atoms with Crippen molar-refractivity contribution in [2.24, 2.45) is 0 Å². The van der Waals surface area contributed by atoms with Gasteiger partial charge in [-0.05, 0) is 41.9 Å². The maximum absolute atomic E-state index is 9.65. The molecule has 0 spiro atoms. The first kappa shape index (κ1) is 12.9. The average molecular weight is 287 g/mol. The molecular weight excluding hydrogens is 272 g/mol. The summed E-state index contributed by atoms with van der Waals surface area (Å²) in [5, 5.41) is 9.49. The first-order valence-electron chi connectivity index (χ1n) is 4.93. The van der Waals surface area contributed by atoms with E-state index in [9.17, 15) is 5.11 Å². The monoisotopic (exact) mass is 286 g/mol. The SMILES string of the molecule is CC=Cc1ccc(O)c(OC)c1OC(C)Br. The number of methoxy groups -OCH3 is 1. The minimum absolute atomic E-state index is 0.0684. The molecule has 1 aromatic rings. The van der Waals surface area contributed by atoms with Crippen molar-refractivity contribution in [3.8, 4) is 17.2 Å². The number of alkyl halides is 1. The maximum atomic E-state index is 9.65. The van der Waals surface area contributed by atoms with Gasteiger partial charge in [0.05, 0.1) is 7.11 Å². The Labute approximate surface area is 104 Å². The molecule has 4 heteroatoms. The third-order valence-electron chi connectivity index (χ3n) is 1.95. The van der Waals surface area contributed by atoms with E-state index < -0.39 is 0 Å². The van der Waals surface area contributed by atoms with Gasteiger partial charge in [0.25, 0.3) is 0 Å². The Morgan fingerprint density at radius 1 is 1.38 bits per heavy atom. The van der Waals surface area contributed by atoms with Gasteiger partial charge in [-0.2, -0.15) is 0 Å². The van der Waals surface area contributed by atoms with Crippen LogP contribution in [0.25, 0.3) is 6.08 Å². The lowest BCUT2D eigenvalue weighted by atomic mass is 10.1. The highest BCUT2D eigenvalue weighted by Gasteiger charge is 2.15. The van der Waals surface area contributed by atoms with E-state index in [2.05, 4.69) is 15.9 Å². The standard InChI is InChI=1S/C12H15BrO3/c1-4-5-9-6-7-10(14)12(15-3)11(9)16-8(2)13/h4-8,14H,1-3H3. The molecule has 1 N–H and O–H groups in total. The fourth-order valence-electron chi connectivity index (χ4n) is 1.36. The quantitative estimate of drug-likeness (QED) is 0.861. The van der Waals surface area contributed by atoms with Crippen LogP contribution in [0.1, 0.15) is 19.4 Å². The Morgan fingerprint density at radius 2 is 2.06 bits per heavy atom. The van der Waals surface area contributed by atoms with E-state index in [1.165, 1.54) is 7.11 Å². The summed E-state index contributed by atoms with van der Waals surface area (Å²) in [6.45, 7) is 3.77. The molecular formula is C12H15BrO3. The summed E-state index contributed by atoms with van der Waals surface area (Å²) in [6, 6.07) is 3.36. The van der Waals surface area contributed by atoms with Gasteiger partial charge >= 0.3 is 0 Å².